The molecule has 0 amide bonds. The molecule has 0 saturated heterocycles. The highest BCUT2D eigenvalue weighted by molar-refractivity contribution is 6.52. The third-order valence-corrected chi connectivity index (χ3v) is 3.88. The van der Waals surface area contributed by atoms with Gasteiger partial charge in [0.2, 0.25) is 5.69 Å². The summed E-state index contributed by atoms with van der Waals surface area (Å²) < 4.78 is 14.3. The van der Waals surface area contributed by atoms with Crippen molar-refractivity contribution in [3.63, 3.8) is 0 Å². The minimum Gasteiger partial charge on any atom is -0.618 e. The van der Waals surface area contributed by atoms with Crippen LogP contribution in [-0.4, -0.2) is 16.2 Å². The van der Waals surface area contributed by atoms with Gasteiger partial charge >= 0.3 is 0 Å². The van der Waals surface area contributed by atoms with E-state index >= 15 is 0 Å². The van der Waals surface area contributed by atoms with Gasteiger partial charge in [-0.05, 0) is 29.2 Å². The molecule has 1 aliphatic heterocycles. The Labute approximate surface area is 128 Å². The van der Waals surface area contributed by atoms with Crippen molar-refractivity contribution in [3.8, 4) is 0 Å². The number of carbonyl (C=O) groups is 1. The van der Waals surface area contributed by atoms with E-state index in [1.165, 1.54) is 18.2 Å². The highest BCUT2D eigenvalue weighted by atomic mass is 19.1. The lowest BCUT2D eigenvalue weighted by Gasteiger charge is -2.18. The van der Waals surface area contributed by atoms with Gasteiger partial charge in [0, 0.05) is 6.07 Å². The Hall–Kier alpha value is -2.49. The summed E-state index contributed by atoms with van der Waals surface area (Å²) in [6, 6.07) is 11.3. The average Bonchev–Trinajstić information content (AvgIpc) is 2.71. The molecular weight excluding hydrogens is 281 g/mol. The zero-order valence-electron chi connectivity index (χ0n) is 12.7. The van der Waals surface area contributed by atoms with Crippen LogP contribution in [-0.2, 0) is 5.41 Å². The Bertz CT molecular complexity index is 799. The lowest BCUT2D eigenvalue weighted by Crippen LogP contribution is -2.18. The normalized spacial score (nSPS) is 14.5. The number of benzene rings is 2. The van der Waals surface area contributed by atoms with E-state index in [2.05, 4.69) is 20.8 Å². The number of halogens is 1. The first-order valence-electron chi connectivity index (χ1n) is 7.09. The summed E-state index contributed by atoms with van der Waals surface area (Å²) in [5.41, 5.74) is 1.48. The topological polar surface area (TPSA) is 43.1 Å². The van der Waals surface area contributed by atoms with E-state index in [9.17, 15) is 14.4 Å². The number of fused-ring (bicyclic) bond motifs is 1. The fourth-order valence-corrected chi connectivity index (χ4v) is 2.61. The smallest absolute Gasteiger partial charge is 0.273 e. The summed E-state index contributed by atoms with van der Waals surface area (Å²) in [5, 5.41) is 12.3. The third kappa shape index (κ3) is 2.11. The number of rotatable bonds is 1. The Morgan fingerprint density at radius 2 is 1.68 bits per heavy atom. The number of ketones is 1. The van der Waals surface area contributed by atoms with Crippen LogP contribution in [0.5, 0.6) is 0 Å². The van der Waals surface area contributed by atoms with Crippen molar-refractivity contribution in [3.05, 3.63) is 70.2 Å². The Morgan fingerprint density at radius 1 is 1.05 bits per heavy atom. The minimum absolute atomic E-state index is 0.0187. The van der Waals surface area contributed by atoms with Crippen molar-refractivity contribution in [1.82, 2.24) is 0 Å². The number of Topliss-reactive ketones (excluding diaryl/α,β-unsaturated/α-hetero) is 1. The molecule has 4 heteroatoms. The predicted molar refractivity (Wildman–Crippen MR) is 83.3 cm³/mol. The van der Waals surface area contributed by atoms with Crippen molar-refractivity contribution in [2.75, 3.05) is 0 Å². The van der Waals surface area contributed by atoms with E-state index in [-0.39, 0.29) is 22.4 Å². The van der Waals surface area contributed by atoms with E-state index < -0.39 is 11.6 Å². The molecule has 1 heterocycles. The SMILES string of the molecule is CC(C)(C)c1ccc(C2=[N+]([O-])c3cccc(F)c3C2=O)cc1. The molecule has 0 fully saturated rings. The molecule has 2 aromatic carbocycles. The average molecular weight is 297 g/mol. The summed E-state index contributed by atoms with van der Waals surface area (Å²) >= 11 is 0. The molecule has 0 N–H and O–H groups in total. The number of nitrogens with zero attached hydrogens (tertiary/aromatic N) is 1. The third-order valence-electron chi connectivity index (χ3n) is 3.88. The van der Waals surface area contributed by atoms with Gasteiger partial charge in [-0.3, -0.25) is 4.79 Å². The molecule has 0 saturated carbocycles. The van der Waals surface area contributed by atoms with E-state index in [1.54, 1.807) is 12.1 Å². The second kappa shape index (κ2) is 4.77. The molecule has 0 unspecified atom stereocenters. The first-order chi connectivity index (χ1) is 10.3. The highest BCUT2D eigenvalue weighted by Crippen LogP contribution is 2.30. The van der Waals surface area contributed by atoms with Gasteiger partial charge < -0.3 is 5.21 Å². The van der Waals surface area contributed by atoms with Crippen LogP contribution in [0.25, 0.3) is 0 Å². The van der Waals surface area contributed by atoms with Gasteiger partial charge in [0.25, 0.3) is 11.5 Å². The summed E-state index contributed by atoms with van der Waals surface area (Å²) in [4.78, 5) is 12.4. The number of hydrogen-bond acceptors (Lipinski definition) is 2. The number of hydrogen-bond donors (Lipinski definition) is 0. The van der Waals surface area contributed by atoms with Crippen molar-refractivity contribution in [1.29, 1.82) is 0 Å². The lowest BCUT2D eigenvalue weighted by atomic mass is 9.86. The van der Waals surface area contributed by atoms with Crippen LogP contribution in [0.1, 0.15) is 42.3 Å². The maximum atomic E-state index is 13.8. The standard InChI is InChI=1S/C18H16FNO2/c1-18(2,3)12-9-7-11(8-10-12)16-17(21)15-13(19)5-4-6-14(15)20(16)22/h4-10H,1-3H3. The first kappa shape index (κ1) is 14.4. The molecule has 1 aliphatic rings. The van der Waals surface area contributed by atoms with Gasteiger partial charge in [0.15, 0.2) is 0 Å². The van der Waals surface area contributed by atoms with Crippen LogP contribution in [0.15, 0.2) is 42.5 Å². The van der Waals surface area contributed by atoms with Gasteiger partial charge in [-0.15, -0.1) is 0 Å². The minimum atomic E-state index is -0.662. The Kier molecular flexibility index (Phi) is 3.13. The zero-order chi connectivity index (χ0) is 16.1. The molecule has 0 atom stereocenters. The predicted octanol–water partition coefficient (Wildman–Crippen LogP) is 3.95. The molecule has 0 radical (unpaired) electrons. The summed E-state index contributed by atoms with van der Waals surface area (Å²) in [6.45, 7) is 6.25. The summed E-state index contributed by atoms with van der Waals surface area (Å²) in [5.74, 6) is -1.23. The maximum Gasteiger partial charge on any atom is 0.273 e. The van der Waals surface area contributed by atoms with Crippen LogP contribution in [0.3, 0.4) is 0 Å². The molecule has 22 heavy (non-hydrogen) atoms. The van der Waals surface area contributed by atoms with Crippen molar-refractivity contribution in [2.45, 2.75) is 26.2 Å². The fraction of sp³-hybridized carbons (Fsp3) is 0.222. The molecule has 0 spiro atoms. The van der Waals surface area contributed by atoms with E-state index in [0.29, 0.717) is 10.3 Å². The van der Waals surface area contributed by atoms with Crippen LogP contribution in [0.2, 0.25) is 0 Å². The van der Waals surface area contributed by atoms with Crippen LogP contribution in [0.4, 0.5) is 10.1 Å². The molecular formula is C18H16FNO2. The van der Waals surface area contributed by atoms with Crippen molar-refractivity contribution >= 4 is 17.2 Å². The Balaban J connectivity index is 2.09. The van der Waals surface area contributed by atoms with E-state index in [4.69, 9.17) is 0 Å². The molecule has 3 nitrogen and oxygen atoms in total. The molecule has 2 aromatic rings. The zero-order valence-corrected chi connectivity index (χ0v) is 12.7. The van der Waals surface area contributed by atoms with E-state index in [1.807, 2.05) is 12.1 Å². The van der Waals surface area contributed by atoms with Crippen LogP contribution >= 0.6 is 0 Å². The molecule has 0 aromatic heterocycles. The summed E-state index contributed by atoms with van der Waals surface area (Å²) in [6.07, 6.45) is 0. The van der Waals surface area contributed by atoms with Crippen LogP contribution < -0.4 is 0 Å². The largest absolute Gasteiger partial charge is 0.618 e. The van der Waals surface area contributed by atoms with Crippen molar-refractivity contribution in [2.24, 2.45) is 0 Å². The van der Waals surface area contributed by atoms with Gasteiger partial charge in [0.05, 0.1) is 5.56 Å². The molecule has 0 bridgehead atoms. The van der Waals surface area contributed by atoms with Gasteiger partial charge in [-0.25, -0.2) is 4.39 Å². The summed E-state index contributed by atoms with van der Waals surface area (Å²) in [7, 11) is 0. The molecule has 112 valence electrons. The van der Waals surface area contributed by atoms with E-state index in [0.717, 1.165) is 5.56 Å². The Morgan fingerprint density at radius 3 is 2.23 bits per heavy atom. The number of carbonyl (C=O) groups excluding carboxylic acids is 1. The second-order valence-corrected chi connectivity index (χ2v) is 6.43. The second-order valence-electron chi connectivity index (χ2n) is 6.43. The highest BCUT2D eigenvalue weighted by Gasteiger charge is 2.38. The molecule has 0 aliphatic carbocycles. The van der Waals surface area contributed by atoms with Crippen LogP contribution in [0, 0.1) is 11.0 Å². The maximum absolute atomic E-state index is 13.8. The molecule has 3 rings (SSSR count). The monoisotopic (exact) mass is 297 g/mol. The first-order valence-corrected chi connectivity index (χ1v) is 7.09. The van der Waals surface area contributed by atoms with Gasteiger partial charge in [0.1, 0.15) is 11.4 Å². The van der Waals surface area contributed by atoms with Crippen molar-refractivity contribution < 1.29 is 13.9 Å². The fourth-order valence-electron chi connectivity index (χ4n) is 2.61. The van der Waals surface area contributed by atoms with Gasteiger partial charge in [-0.2, -0.15) is 4.74 Å². The lowest BCUT2D eigenvalue weighted by molar-refractivity contribution is -0.355. The van der Waals surface area contributed by atoms with Gasteiger partial charge in [-0.1, -0.05) is 39.0 Å². The quantitative estimate of drug-likeness (QED) is 0.591.